The first kappa shape index (κ1) is 24.9. The molecule has 32 heavy (non-hydrogen) atoms. The highest BCUT2D eigenvalue weighted by molar-refractivity contribution is 5.75. The molecule has 0 aliphatic heterocycles. The second-order valence-electron chi connectivity index (χ2n) is 8.44. The summed E-state index contributed by atoms with van der Waals surface area (Å²) in [6, 6.07) is 15.1. The van der Waals surface area contributed by atoms with Gasteiger partial charge in [0.2, 0.25) is 0 Å². The molecule has 172 valence electrons. The number of nitrogens with one attached hydrogen (secondary N) is 1. The van der Waals surface area contributed by atoms with Crippen molar-refractivity contribution in [2.75, 3.05) is 20.2 Å². The Morgan fingerprint density at radius 1 is 1.09 bits per heavy atom. The lowest BCUT2D eigenvalue weighted by Gasteiger charge is -2.31. The SMILES string of the molecule is C=C(c1ccccc1)N(CC(=O)OC)C[C@H](Cc1ccc(F)cc1)NC(=O)OC(C)(C)C. The topological polar surface area (TPSA) is 67.9 Å². The third kappa shape index (κ3) is 8.41. The Morgan fingerprint density at radius 3 is 2.28 bits per heavy atom. The van der Waals surface area contributed by atoms with Gasteiger partial charge in [0.15, 0.2) is 0 Å². The Morgan fingerprint density at radius 2 is 1.72 bits per heavy atom. The molecule has 6 nitrogen and oxygen atoms in total. The Labute approximate surface area is 189 Å². The second-order valence-corrected chi connectivity index (χ2v) is 8.44. The summed E-state index contributed by atoms with van der Waals surface area (Å²) in [5.41, 5.74) is 1.63. The maximum absolute atomic E-state index is 13.3. The zero-order valence-electron chi connectivity index (χ0n) is 19.1. The fourth-order valence-electron chi connectivity index (χ4n) is 3.11. The van der Waals surface area contributed by atoms with Crippen LogP contribution < -0.4 is 5.32 Å². The lowest BCUT2D eigenvalue weighted by molar-refractivity contribution is -0.141. The number of ether oxygens (including phenoxy) is 2. The Bertz CT molecular complexity index is 908. The highest BCUT2D eigenvalue weighted by Crippen LogP contribution is 2.19. The molecule has 1 atom stereocenters. The highest BCUT2D eigenvalue weighted by atomic mass is 19.1. The molecule has 0 heterocycles. The first-order valence-electron chi connectivity index (χ1n) is 10.4. The van der Waals surface area contributed by atoms with Crippen molar-refractivity contribution in [3.05, 3.63) is 78.1 Å². The molecule has 0 saturated heterocycles. The van der Waals surface area contributed by atoms with Crippen LogP contribution in [0.2, 0.25) is 0 Å². The maximum Gasteiger partial charge on any atom is 0.407 e. The van der Waals surface area contributed by atoms with E-state index < -0.39 is 23.7 Å². The summed E-state index contributed by atoms with van der Waals surface area (Å²) in [7, 11) is 1.32. The molecule has 7 heteroatoms. The molecule has 0 unspecified atom stereocenters. The smallest absolute Gasteiger partial charge is 0.407 e. The lowest BCUT2D eigenvalue weighted by Crippen LogP contribution is -2.47. The van der Waals surface area contributed by atoms with E-state index in [4.69, 9.17) is 9.47 Å². The van der Waals surface area contributed by atoms with E-state index in [-0.39, 0.29) is 18.9 Å². The van der Waals surface area contributed by atoms with Gasteiger partial charge in [0.05, 0.1) is 13.2 Å². The predicted octanol–water partition coefficient (Wildman–Crippen LogP) is 4.41. The van der Waals surface area contributed by atoms with E-state index in [2.05, 4.69) is 11.9 Å². The molecule has 0 aromatic heterocycles. The van der Waals surface area contributed by atoms with Crippen molar-refractivity contribution in [2.24, 2.45) is 0 Å². The number of methoxy groups -OCH3 is 1. The number of halogens is 1. The number of benzene rings is 2. The summed E-state index contributed by atoms with van der Waals surface area (Å²) < 4.78 is 23.6. The van der Waals surface area contributed by atoms with Crippen LogP contribution in [0.3, 0.4) is 0 Å². The number of rotatable bonds is 9. The fourth-order valence-corrected chi connectivity index (χ4v) is 3.11. The van der Waals surface area contributed by atoms with Crippen LogP contribution in [0.5, 0.6) is 0 Å². The third-order valence-electron chi connectivity index (χ3n) is 4.59. The monoisotopic (exact) mass is 442 g/mol. The van der Waals surface area contributed by atoms with Crippen molar-refractivity contribution in [2.45, 2.75) is 38.8 Å². The van der Waals surface area contributed by atoms with E-state index in [0.29, 0.717) is 12.1 Å². The van der Waals surface area contributed by atoms with Crippen molar-refractivity contribution in [3.63, 3.8) is 0 Å². The quantitative estimate of drug-likeness (QED) is 0.583. The van der Waals surface area contributed by atoms with Gasteiger partial charge in [0.1, 0.15) is 18.0 Å². The van der Waals surface area contributed by atoms with Crippen LogP contribution in [0.4, 0.5) is 9.18 Å². The third-order valence-corrected chi connectivity index (χ3v) is 4.59. The number of carbonyl (C=O) groups excluding carboxylic acids is 2. The van der Waals surface area contributed by atoms with Gasteiger partial charge < -0.3 is 19.7 Å². The summed E-state index contributed by atoms with van der Waals surface area (Å²) in [4.78, 5) is 26.3. The summed E-state index contributed by atoms with van der Waals surface area (Å²) in [5, 5.41) is 2.87. The van der Waals surface area contributed by atoms with Gasteiger partial charge in [0, 0.05) is 12.2 Å². The molecule has 0 aliphatic rings. The minimum Gasteiger partial charge on any atom is -0.468 e. The minimum absolute atomic E-state index is 0.0415. The van der Waals surface area contributed by atoms with E-state index in [1.807, 2.05) is 30.3 Å². The normalized spacial score (nSPS) is 11.9. The number of nitrogens with zero attached hydrogens (tertiary/aromatic N) is 1. The van der Waals surface area contributed by atoms with Gasteiger partial charge in [-0.25, -0.2) is 9.18 Å². The van der Waals surface area contributed by atoms with Crippen LogP contribution in [-0.4, -0.2) is 48.8 Å². The van der Waals surface area contributed by atoms with Crippen molar-refractivity contribution in [3.8, 4) is 0 Å². The van der Waals surface area contributed by atoms with E-state index in [1.165, 1.54) is 19.2 Å². The Hall–Kier alpha value is -3.35. The molecule has 0 spiro atoms. The van der Waals surface area contributed by atoms with Gasteiger partial charge in [0.25, 0.3) is 0 Å². The highest BCUT2D eigenvalue weighted by Gasteiger charge is 2.24. The molecule has 0 aliphatic carbocycles. The summed E-state index contributed by atoms with van der Waals surface area (Å²) >= 11 is 0. The number of alkyl carbamates (subject to hydrolysis) is 1. The van der Waals surface area contributed by atoms with Gasteiger partial charge in [-0.3, -0.25) is 4.79 Å². The predicted molar refractivity (Wildman–Crippen MR) is 122 cm³/mol. The summed E-state index contributed by atoms with van der Waals surface area (Å²) in [6.07, 6.45) is -0.174. The maximum atomic E-state index is 13.3. The number of hydrogen-bond acceptors (Lipinski definition) is 5. The molecule has 2 aromatic rings. The second kappa shape index (κ2) is 11.3. The van der Waals surface area contributed by atoms with Crippen molar-refractivity contribution in [1.82, 2.24) is 10.2 Å². The largest absolute Gasteiger partial charge is 0.468 e. The lowest BCUT2D eigenvalue weighted by atomic mass is 10.0. The number of esters is 1. The van der Waals surface area contributed by atoms with Gasteiger partial charge in [-0.2, -0.15) is 0 Å². The summed E-state index contributed by atoms with van der Waals surface area (Å²) in [6.45, 7) is 9.71. The van der Waals surface area contributed by atoms with Crippen molar-refractivity contribution >= 4 is 17.8 Å². The zero-order chi connectivity index (χ0) is 23.7. The molecule has 1 N–H and O–H groups in total. The molecule has 0 radical (unpaired) electrons. The van der Waals surface area contributed by atoms with E-state index in [0.717, 1.165) is 11.1 Å². The van der Waals surface area contributed by atoms with Crippen LogP contribution >= 0.6 is 0 Å². The Balaban J connectivity index is 2.27. The molecule has 0 bridgehead atoms. The first-order valence-corrected chi connectivity index (χ1v) is 10.4. The molecule has 1 amide bonds. The zero-order valence-corrected chi connectivity index (χ0v) is 19.1. The number of hydrogen-bond donors (Lipinski definition) is 1. The Kier molecular flexibility index (Phi) is 8.81. The van der Waals surface area contributed by atoms with Gasteiger partial charge >= 0.3 is 12.1 Å². The van der Waals surface area contributed by atoms with Gasteiger partial charge in [-0.15, -0.1) is 0 Å². The van der Waals surface area contributed by atoms with E-state index in [9.17, 15) is 14.0 Å². The van der Waals surface area contributed by atoms with Crippen LogP contribution in [0.25, 0.3) is 5.70 Å². The molecular formula is C25H31FN2O4. The number of amides is 1. The van der Waals surface area contributed by atoms with Crippen LogP contribution in [0, 0.1) is 5.82 Å². The van der Waals surface area contributed by atoms with E-state index in [1.54, 1.807) is 37.8 Å². The van der Waals surface area contributed by atoms with Crippen LogP contribution in [-0.2, 0) is 20.7 Å². The number of carbonyl (C=O) groups is 2. The van der Waals surface area contributed by atoms with Crippen LogP contribution in [0.1, 0.15) is 31.9 Å². The molecular weight excluding hydrogens is 411 g/mol. The average Bonchev–Trinajstić information content (AvgIpc) is 2.73. The molecule has 0 fully saturated rings. The van der Waals surface area contributed by atoms with Crippen molar-refractivity contribution < 1.29 is 23.5 Å². The van der Waals surface area contributed by atoms with Crippen molar-refractivity contribution in [1.29, 1.82) is 0 Å². The van der Waals surface area contributed by atoms with Crippen LogP contribution in [0.15, 0.2) is 61.2 Å². The average molecular weight is 443 g/mol. The fraction of sp³-hybridized carbons (Fsp3) is 0.360. The molecule has 0 saturated carbocycles. The van der Waals surface area contributed by atoms with E-state index >= 15 is 0 Å². The summed E-state index contributed by atoms with van der Waals surface area (Å²) in [5.74, 6) is -0.768. The molecule has 2 rings (SSSR count). The van der Waals surface area contributed by atoms with Gasteiger partial charge in [-0.05, 0) is 50.5 Å². The minimum atomic E-state index is -0.663. The first-order chi connectivity index (χ1) is 15.1. The van der Waals surface area contributed by atoms with Gasteiger partial charge in [-0.1, -0.05) is 49.0 Å². The standard InChI is InChI=1S/C25H31FN2O4/c1-18(20-9-7-6-8-10-20)28(17-23(29)31-5)16-22(27-24(30)32-25(2,3)4)15-19-11-13-21(26)14-12-19/h6-14,22H,1,15-17H2,2-5H3,(H,27,30)/t22-/m0/s1. The molecule has 2 aromatic carbocycles.